The van der Waals surface area contributed by atoms with Crippen molar-refractivity contribution in [3.8, 4) is 0 Å². The predicted molar refractivity (Wildman–Crippen MR) is 118 cm³/mol. The van der Waals surface area contributed by atoms with Crippen molar-refractivity contribution in [2.45, 2.75) is 71.9 Å². The lowest BCUT2D eigenvalue weighted by Crippen LogP contribution is -2.56. The quantitative estimate of drug-likeness (QED) is 0.488. The molecule has 1 aliphatic rings. The number of ether oxygens (including phenoxy) is 2. The standard InChI is InChI=1S/C24H34N2O5/c1-8-12-17(18-22(29)31-24(6,7)30-18)20(27)26-19(23(3,4)5)21(28)25-15(2)16-13-10-9-11-14-16/h8-11,13-15,17-19H,1,12H2,2-7H3,(H,25,28)(H,26,27). The fourth-order valence-corrected chi connectivity index (χ4v) is 3.52. The van der Waals surface area contributed by atoms with Gasteiger partial charge < -0.3 is 20.1 Å². The minimum Gasteiger partial charge on any atom is -0.432 e. The molecule has 1 aliphatic heterocycles. The molecule has 31 heavy (non-hydrogen) atoms. The smallest absolute Gasteiger partial charge is 0.338 e. The molecule has 4 atom stereocenters. The van der Waals surface area contributed by atoms with Crippen molar-refractivity contribution in [1.82, 2.24) is 10.6 Å². The van der Waals surface area contributed by atoms with E-state index in [2.05, 4.69) is 17.2 Å². The summed E-state index contributed by atoms with van der Waals surface area (Å²) in [7, 11) is 0. The Morgan fingerprint density at radius 3 is 2.26 bits per heavy atom. The second-order valence-electron chi connectivity index (χ2n) is 9.44. The van der Waals surface area contributed by atoms with Crippen molar-refractivity contribution in [2.75, 3.05) is 0 Å². The van der Waals surface area contributed by atoms with E-state index in [9.17, 15) is 14.4 Å². The molecule has 2 rings (SSSR count). The molecule has 1 aromatic rings. The Balaban J connectivity index is 2.18. The highest BCUT2D eigenvalue weighted by Gasteiger charge is 2.48. The molecule has 1 saturated heterocycles. The Hall–Kier alpha value is -2.67. The first-order chi connectivity index (χ1) is 14.4. The lowest BCUT2D eigenvalue weighted by Gasteiger charge is -2.33. The molecule has 2 amide bonds. The number of amides is 2. The number of hydrogen-bond donors (Lipinski definition) is 2. The Morgan fingerprint density at radius 1 is 1.16 bits per heavy atom. The van der Waals surface area contributed by atoms with Crippen molar-refractivity contribution >= 4 is 17.8 Å². The summed E-state index contributed by atoms with van der Waals surface area (Å²) in [5, 5.41) is 5.81. The van der Waals surface area contributed by atoms with E-state index in [4.69, 9.17) is 9.47 Å². The van der Waals surface area contributed by atoms with Gasteiger partial charge in [-0.3, -0.25) is 9.59 Å². The molecule has 0 aromatic heterocycles. The maximum atomic E-state index is 13.2. The zero-order chi connectivity index (χ0) is 23.4. The SMILES string of the molecule is C=CCC(C(=O)NC(C(=O)NC(C)c1ccccc1)C(C)(C)C)C1OC(C)(C)OC1=O. The van der Waals surface area contributed by atoms with E-state index in [0.717, 1.165) is 5.56 Å². The van der Waals surface area contributed by atoms with Gasteiger partial charge in [0.25, 0.3) is 0 Å². The van der Waals surface area contributed by atoms with Gasteiger partial charge in [0.2, 0.25) is 17.6 Å². The topological polar surface area (TPSA) is 93.7 Å². The average Bonchev–Trinajstić information content (AvgIpc) is 2.95. The zero-order valence-corrected chi connectivity index (χ0v) is 19.2. The van der Waals surface area contributed by atoms with Gasteiger partial charge in [-0.25, -0.2) is 4.79 Å². The van der Waals surface area contributed by atoms with Crippen molar-refractivity contribution in [3.05, 3.63) is 48.6 Å². The lowest BCUT2D eigenvalue weighted by molar-refractivity contribution is -0.162. The van der Waals surface area contributed by atoms with Crippen molar-refractivity contribution in [1.29, 1.82) is 0 Å². The van der Waals surface area contributed by atoms with Gasteiger partial charge in [-0.15, -0.1) is 6.58 Å². The Kier molecular flexibility index (Phi) is 7.65. The van der Waals surface area contributed by atoms with Crippen LogP contribution in [-0.2, 0) is 23.9 Å². The van der Waals surface area contributed by atoms with Crippen LogP contribution in [0.15, 0.2) is 43.0 Å². The number of allylic oxidation sites excluding steroid dienone is 1. The summed E-state index contributed by atoms with van der Waals surface area (Å²) in [6.45, 7) is 14.4. The van der Waals surface area contributed by atoms with Crippen LogP contribution in [0.25, 0.3) is 0 Å². The Morgan fingerprint density at radius 2 is 1.77 bits per heavy atom. The fourth-order valence-electron chi connectivity index (χ4n) is 3.52. The highest BCUT2D eigenvalue weighted by Crippen LogP contribution is 2.30. The molecule has 1 fully saturated rings. The number of carbonyl (C=O) groups is 3. The predicted octanol–water partition coefficient (Wildman–Crippen LogP) is 3.27. The van der Waals surface area contributed by atoms with Crippen molar-refractivity contribution in [2.24, 2.45) is 11.3 Å². The van der Waals surface area contributed by atoms with E-state index in [0.29, 0.717) is 0 Å². The van der Waals surface area contributed by atoms with Crippen LogP contribution in [0.1, 0.15) is 59.6 Å². The van der Waals surface area contributed by atoms with Gasteiger partial charge in [-0.05, 0) is 24.3 Å². The molecule has 1 aromatic carbocycles. The van der Waals surface area contributed by atoms with Crippen LogP contribution >= 0.6 is 0 Å². The summed E-state index contributed by atoms with van der Waals surface area (Å²) in [5.74, 6) is -3.31. The summed E-state index contributed by atoms with van der Waals surface area (Å²) in [6.07, 6.45) is 0.705. The molecule has 7 heteroatoms. The highest BCUT2D eigenvalue weighted by atomic mass is 16.8. The molecular weight excluding hydrogens is 396 g/mol. The van der Waals surface area contributed by atoms with Gasteiger partial charge in [0, 0.05) is 13.8 Å². The maximum Gasteiger partial charge on any atom is 0.338 e. The number of hydrogen-bond acceptors (Lipinski definition) is 5. The molecule has 0 spiro atoms. The first-order valence-electron chi connectivity index (χ1n) is 10.5. The zero-order valence-electron chi connectivity index (χ0n) is 19.2. The molecule has 2 N–H and O–H groups in total. The first-order valence-corrected chi connectivity index (χ1v) is 10.5. The molecule has 0 radical (unpaired) electrons. The fraction of sp³-hybridized carbons (Fsp3) is 0.542. The third-order valence-electron chi connectivity index (χ3n) is 5.19. The number of nitrogens with one attached hydrogen (secondary N) is 2. The van der Waals surface area contributed by atoms with E-state index in [1.165, 1.54) is 0 Å². The average molecular weight is 431 g/mol. The number of rotatable bonds is 8. The van der Waals surface area contributed by atoms with Crippen LogP contribution in [0.2, 0.25) is 0 Å². The van der Waals surface area contributed by atoms with Crippen LogP contribution in [-0.4, -0.2) is 35.7 Å². The van der Waals surface area contributed by atoms with E-state index >= 15 is 0 Å². The maximum absolute atomic E-state index is 13.2. The molecule has 0 bridgehead atoms. The minimum absolute atomic E-state index is 0.209. The van der Waals surface area contributed by atoms with Crippen LogP contribution < -0.4 is 10.6 Å². The van der Waals surface area contributed by atoms with Crippen LogP contribution in [0.3, 0.4) is 0 Å². The molecule has 4 unspecified atom stereocenters. The van der Waals surface area contributed by atoms with E-state index < -0.39 is 41.1 Å². The van der Waals surface area contributed by atoms with E-state index in [-0.39, 0.29) is 18.4 Å². The molecule has 1 heterocycles. The van der Waals surface area contributed by atoms with E-state index in [1.807, 2.05) is 58.0 Å². The van der Waals surface area contributed by atoms with Crippen LogP contribution in [0.5, 0.6) is 0 Å². The normalized spacial score (nSPS) is 20.8. The number of carbonyl (C=O) groups excluding carboxylic acids is 3. The molecular formula is C24H34N2O5. The van der Waals surface area contributed by atoms with Gasteiger partial charge >= 0.3 is 5.97 Å². The summed E-state index contributed by atoms with van der Waals surface area (Å²) >= 11 is 0. The molecule has 170 valence electrons. The lowest BCUT2D eigenvalue weighted by atomic mass is 9.85. The summed E-state index contributed by atoms with van der Waals surface area (Å²) in [5.41, 5.74) is 0.397. The van der Waals surface area contributed by atoms with Gasteiger partial charge in [-0.1, -0.05) is 57.2 Å². The summed E-state index contributed by atoms with van der Waals surface area (Å²) in [6, 6.07) is 8.54. The molecule has 0 aliphatic carbocycles. The van der Waals surface area contributed by atoms with Gasteiger partial charge in [0.15, 0.2) is 6.10 Å². The second-order valence-corrected chi connectivity index (χ2v) is 9.44. The monoisotopic (exact) mass is 430 g/mol. The van der Waals surface area contributed by atoms with Gasteiger partial charge in [0.1, 0.15) is 6.04 Å². The number of benzene rings is 1. The van der Waals surface area contributed by atoms with Crippen molar-refractivity contribution < 1.29 is 23.9 Å². The second kappa shape index (κ2) is 9.64. The van der Waals surface area contributed by atoms with E-state index in [1.54, 1.807) is 19.9 Å². The molecule has 0 saturated carbocycles. The third kappa shape index (κ3) is 6.40. The summed E-state index contributed by atoms with van der Waals surface area (Å²) in [4.78, 5) is 38.6. The van der Waals surface area contributed by atoms with Gasteiger partial charge in [-0.2, -0.15) is 0 Å². The number of esters is 1. The minimum atomic E-state index is -1.10. The van der Waals surface area contributed by atoms with Crippen molar-refractivity contribution in [3.63, 3.8) is 0 Å². The Labute approximate surface area is 184 Å². The van der Waals surface area contributed by atoms with Crippen LogP contribution in [0, 0.1) is 11.3 Å². The van der Waals surface area contributed by atoms with Gasteiger partial charge in [0.05, 0.1) is 12.0 Å². The van der Waals surface area contributed by atoms with Crippen LogP contribution in [0.4, 0.5) is 0 Å². The first kappa shape index (κ1) is 24.6. The third-order valence-corrected chi connectivity index (χ3v) is 5.19. The summed E-state index contributed by atoms with van der Waals surface area (Å²) < 4.78 is 10.9. The Bertz CT molecular complexity index is 813. The highest BCUT2D eigenvalue weighted by molar-refractivity contribution is 5.92. The molecule has 7 nitrogen and oxygen atoms in total. The number of cyclic esters (lactones) is 1. The largest absolute Gasteiger partial charge is 0.432 e.